The Kier molecular flexibility index (Phi) is 3.60. The molecule has 0 saturated carbocycles. The zero-order chi connectivity index (χ0) is 15.6. The lowest BCUT2D eigenvalue weighted by Crippen LogP contribution is -2.30. The summed E-state index contributed by atoms with van der Waals surface area (Å²) in [4.78, 5) is 8.46. The van der Waals surface area contributed by atoms with Gasteiger partial charge in [0.1, 0.15) is 6.33 Å². The van der Waals surface area contributed by atoms with E-state index in [9.17, 15) is 5.26 Å². The number of aromatic nitrogens is 2. The number of rotatable bonds is 2. The summed E-state index contributed by atoms with van der Waals surface area (Å²) in [7, 11) is 0. The van der Waals surface area contributed by atoms with Gasteiger partial charge in [0, 0.05) is 17.5 Å². The molecule has 0 N–H and O–H groups in total. The third kappa shape index (κ3) is 2.23. The average molecular weight is 287 g/mol. The van der Waals surface area contributed by atoms with Crippen molar-refractivity contribution < 1.29 is 0 Å². The number of nitrogens with zero attached hydrogens (tertiary/aromatic N) is 3. The third-order valence-electron chi connectivity index (χ3n) is 4.39. The number of hydrogen-bond acceptors (Lipinski definition) is 3. The van der Waals surface area contributed by atoms with Crippen molar-refractivity contribution in [3.05, 3.63) is 83.5 Å². The Hall–Kier alpha value is -2.73. The normalized spacial score (nSPS) is 23.2. The molecule has 3 heteroatoms. The van der Waals surface area contributed by atoms with Crippen LogP contribution < -0.4 is 0 Å². The summed E-state index contributed by atoms with van der Waals surface area (Å²) in [5, 5.41) is 9.55. The smallest absolute Gasteiger partial charge is 0.115 e. The van der Waals surface area contributed by atoms with Crippen LogP contribution in [0.25, 0.3) is 0 Å². The lowest BCUT2D eigenvalue weighted by molar-refractivity contribution is 0.507. The summed E-state index contributed by atoms with van der Waals surface area (Å²) in [6.07, 6.45) is 11.7. The molecule has 1 heterocycles. The first-order valence-corrected chi connectivity index (χ1v) is 7.29. The second kappa shape index (κ2) is 5.57. The Bertz CT molecular complexity index is 784. The van der Waals surface area contributed by atoms with Crippen LogP contribution in [0.15, 0.2) is 61.1 Å². The summed E-state index contributed by atoms with van der Waals surface area (Å²) in [5.41, 5.74) is 3.47. The molecule has 1 aromatic carbocycles. The minimum absolute atomic E-state index is 0.0712. The van der Waals surface area contributed by atoms with E-state index in [1.165, 1.54) is 0 Å². The summed E-state index contributed by atoms with van der Waals surface area (Å²) >= 11 is 0. The molecule has 2 atom stereocenters. The molecular formula is C19H17N3. The molecule has 0 aliphatic heterocycles. The lowest BCUT2D eigenvalue weighted by Gasteiger charge is -2.35. The fourth-order valence-corrected chi connectivity index (χ4v) is 3.12. The predicted molar refractivity (Wildman–Crippen MR) is 86.3 cm³/mol. The largest absolute Gasteiger partial charge is 0.245 e. The molecule has 2 aromatic rings. The monoisotopic (exact) mass is 287 g/mol. The van der Waals surface area contributed by atoms with E-state index in [1.54, 1.807) is 12.5 Å². The van der Waals surface area contributed by atoms with Crippen LogP contribution in [-0.2, 0) is 5.41 Å². The fourth-order valence-electron chi connectivity index (χ4n) is 3.12. The van der Waals surface area contributed by atoms with Crippen molar-refractivity contribution >= 4 is 0 Å². The van der Waals surface area contributed by atoms with Gasteiger partial charge in [0.15, 0.2) is 0 Å². The zero-order valence-electron chi connectivity index (χ0n) is 12.7. The molecule has 108 valence electrons. The molecule has 0 bridgehead atoms. The van der Waals surface area contributed by atoms with E-state index >= 15 is 0 Å². The number of hydrogen-bond donors (Lipinski definition) is 0. The molecular weight excluding hydrogens is 270 g/mol. The maximum atomic E-state index is 9.55. The predicted octanol–water partition coefficient (Wildman–Crippen LogP) is 3.82. The Morgan fingerprint density at radius 1 is 1.23 bits per heavy atom. The van der Waals surface area contributed by atoms with Crippen LogP contribution in [0.1, 0.15) is 35.2 Å². The summed E-state index contributed by atoms with van der Waals surface area (Å²) in [5.74, 6) is 0.0712. The third-order valence-corrected chi connectivity index (χ3v) is 4.39. The van der Waals surface area contributed by atoms with Gasteiger partial charge in [-0.05, 0) is 31.0 Å². The standard InChI is InChI=1S/C19H17N3/c1-14-6-5-7-15(16(14)12-20)17-8-3-4-10-19(17,2)18-9-11-21-13-22-18/h3-11,13,17H,1-2H3. The van der Waals surface area contributed by atoms with Crippen LogP contribution in [0.4, 0.5) is 0 Å². The quantitative estimate of drug-likeness (QED) is 0.843. The first-order valence-electron chi connectivity index (χ1n) is 7.29. The van der Waals surface area contributed by atoms with E-state index in [0.717, 1.165) is 22.4 Å². The molecule has 1 aromatic heterocycles. The highest BCUT2D eigenvalue weighted by molar-refractivity contribution is 5.51. The maximum Gasteiger partial charge on any atom is 0.115 e. The summed E-state index contributed by atoms with van der Waals surface area (Å²) in [6.45, 7) is 4.13. The van der Waals surface area contributed by atoms with Gasteiger partial charge in [0.05, 0.1) is 17.3 Å². The van der Waals surface area contributed by atoms with Crippen molar-refractivity contribution in [3.8, 4) is 6.07 Å². The van der Waals surface area contributed by atoms with Crippen LogP contribution in [0.5, 0.6) is 0 Å². The fraction of sp³-hybridized carbons (Fsp3) is 0.211. The molecule has 0 radical (unpaired) electrons. The summed E-state index contributed by atoms with van der Waals surface area (Å²) in [6, 6.07) is 10.3. The van der Waals surface area contributed by atoms with Gasteiger partial charge in [-0.15, -0.1) is 0 Å². The molecule has 3 rings (SSSR count). The zero-order valence-corrected chi connectivity index (χ0v) is 12.7. The second-order valence-corrected chi connectivity index (χ2v) is 5.75. The van der Waals surface area contributed by atoms with Crippen molar-refractivity contribution in [2.24, 2.45) is 0 Å². The van der Waals surface area contributed by atoms with E-state index in [0.29, 0.717) is 0 Å². The van der Waals surface area contributed by atoms with Crippen LogP contribution in [0.2, 0.25) is 0 Å². The van der Waals surface area contributed by atoms with Gasteiger partial charge in [-0.2, -0.15) is 5.26 Å². The Balaban J connectivity index is 2.18. The molecule has 3 nitrogen and oxygen atoms in total. The van der Waals surface area contributed by atoms with Crippen molar-refractivity contribution in [2.45, 2.75) is 25.2 Å². The van der Waals surface area contributed by atoms with E-state index < -0.39 is 0 Å². The van der Waals surface area contributed by atoms with E-state index in [1.807, 2.05) is 43.3 Å². The Morgan fingerprint density at radius 2 is 2.09 bits per heavy atom. The highest BCUT2D eigenvalue weighted by Gasteiger charge is 2.37. The average Bonchev–Trinajstić information content (AvgIpc) is 2.56. The van der Waals surface area contributed by atoms with E-state index in [2.05, 4.69) is 35.1 Å². The number of allylic oxidation sites excluding steroid dienone is 4. The minimum atomic E-state index is -0.295. The van der Waals surface area contributed by atoms with Crippen molar-refractivity contribution in [1.82, 2.24) is 9.97 Å². The minimum Gasteiger partial charge on any atom is -0.245 e. The molecule has 0 amide bonds. The number of benzene rings is 1. The molecule has 2 unspecified atom stereocenters. The first-order chi connectivity index (χ1) is 10.7. The Morgan fingerprint density at radius 3 is 2.82 bits per heavy atom. The molecule has 0 fully saturated rings. The van der Waals surface area contributed by atoms with Crippen LogP contribution >= 0.6 is 0 Å². The summed E-state index contributed by atoms with van der Waals surface area (Å²) < 4.78 is 0. The van der Waals surface area contributed by atoms with Gasteiger partial charge < -0.3 is 0 Å². The van der Waals surface area contributed by atoms with Gasteiger partial charge in [-0.25, -0.2) is 9.97 Å². The molecule has 1 aliphatic rings. The van der Waals surface area contributed by atoms with E-state index in [-0.39, 0.29) is 11.3 Å². The number of nitriles is 1. The van der Waals surface area contributed by atoms with Crippen molar-refractivity contribution in [3.63, 3.8) is 0 Å². The molecule has 1 aliphatic carbocycles. The van der Waals surface area contributed by atoms with Crippen LogP contribution in [0, 0.1) is 18.3 Å². The van der Waals surface area contributed by atoms with Gasteiger partial charge >= 0.3 is 0 Å². The van der Waals surface area contributed by atoms with Gasteiger partial charge in [0.2, 0.25) is 0 Å². The topological polar surface area (TPSA) is 49.6 Å². The van der Waals surface area contributed by atoms with Crippen molar-refractivity contribution in [1.29, 1.82) is 5.26 Å². The highest BCUT2D eigenvalue weighted by Crippen LogP contribution is 2.43. The second-order valence-electron chi connectivity index (χ2n) is 5.75. The van der Waals surface area contributed by atoms with Gasteiger partial charge in [0.25, 0.3) is 0 Å². The van der Waals surface area contributed by atoms with Crippen LogP contribution in [0.3, 0.4) is 0 Å². The lowest BCUT2D eigenvalue weighted by atomic mass is 9.68. The van der Waals surface area contributed by atoms with Gasteiger partial charge in [-0.1, -0.05) is 42.5 Å². The molecule has 0 spiro atoms. The Labute approximate surface area is 130 Å². The first kappa shape index (κ1) is 14.2. The van der Waals surface area contributed by atoms with E-state index in [4.69, 9.17) is 0 Å². The molecule has 0 saturated heterocycles. The maximum absolute atomic E-state index is 9.55. The van der Waals surface area contributed by atoms with Crippen molar-refractivity contribution in [2.75, 3.05) is 0 Å². The van der Waals surface area contributed by atoms with Crippen LogP contribution in [-0.4, -0.2) is 9.97 Å². The van der Waals surface area contributed by atoms with Gasteiger partial charge in [-0.3, -0.25) is 0 Å². The molecule has 22 heavy (non-hydrogen) atoms. The SMILES string of the molecule is Cc1cccc(C2C=CC=CC2(C)c2ccncn2)c1C#N. The highest BCUT2D eigenvalue weighted by atomic mass is 14.8. The number of aryl methyl sites for hydroxylation is 1.